The Morgan fingerprint density at radius 2 is 2.10 bits per heavy atom. The molecule has 0 spiro atoms. The van der Waals surface area contributed by atoms with E-state index in [9.17, 15) is 0 Å². The van der Waals surface area contributed by atoms with Gasteiger partial charge in [0, 0.05) is 7.11 Å². The van der Waals surface area contributed by atoms with E-state index in [1.807, 2.05) is 25.1 Å². The van der Waals surface area contributed by atoms with Crippen molar-refractivity contribution in [2.24, 2.45) is 5.73 Å². The number of nitrogens with two attached hydrogens (primary N) is 1. The number of nitrogens with zero attached hydrogens (tertiary/aromatic N) is 2. The minimum Gasteiger partial charge on any atom is -0.493 e. The lowest BCUT2D eigenvalue weighted by atomic mass is 10.1. The molecule has 0 bridgehead atoms. The van der Waals surface area contributed by atoms with Gasteiger partial charge in [0.1, 0.15) is 6.61 Å². The normalized spacial score (nSPS) is 12.2. The van der Waals surface area contributed by atoms with Crippen LogP contribution in [0.2, 0.25) is 0 Å². The van der Waals surface area contributed by atoms with Crippen molar-refractivity contribution < 1.29 is 14.2 Å². The molecule has 3 N–H and O–H groups in total. The smallest absolute Gasteiger partial charge is 0.171 e. The molecule has 0 amide bonds. The van der Waals surface area contributed by atoms with Crippen molar-refractivity contribution in [3.05, 3.63) is 35.4 Å². The summed E-state index contributed by atoms with van der Waals surface area (Å²) < 4.78 is 15.8. The van der Waals surface area contributed by atoms with Crippen LogP contribution in [0.4, 0.5) is 0 Å². The third-order valence-electron chi connectivity index (χ3n) is 2.95. The zero-order chi connectivity index (χ0) is 15.2. The maximum absolute atomic E-state index is 6.19. The summed E-state index contributed by atoms with van der Waals surface area (Å²) in [5.74, 6) is 2.47. The van der Waals surface area contributed by atoms with Gasteiger partial charge in [-0.3, -0.25) is 5.10 Å². The van der Waals surface area contributed by atoms with Crippen LogP contribution in [-0.2, 0) is 11.3 Å². The van der Waals surface area contributed by atoms with Gasteiger partial charge in [-0.05, 0) is 24.6 Å². The zero-order valence-corrected chi connectivity index (χ0v) is 12.4. The summed E-state index contributed by atoms with van der Waals surface area (Å²) in [6.45, 7) is 2.86. The SMILES string of the molecule is CCOc1ccc([C@H](N)c2n[nH]c(COC)n2)cc1OC. The molecule has 0 saturated heterocycles. The first-order valence-corrected chi connectivity index (χ1v) is 6.66. The van der Waals surface area contributed by atoms with Gasteiger partial charge in [0.05, 0.1) is 19.8 Å². The molecule has 2 rings (SSSR count). The number of nitrogens with one attached hydrogen (secondary N) is 1. The van der Waals surface area contributed by atoms with Crippen molar-refractivity contribution in [1.29, 1.82) is 0 Å². The van der Waals surface area contributed by atoms with Crippen LogP contribution in [0.5, 0.6) is 11.5 Å². The lowest BCUT2D eigenvalue weighted by Crippen LogP contribution is -2.14. The molecule has 0 aliphatic rings. The first-order valence-electron chi connectivity index (χ1n) is 6.66. The second-order valence-corrected chi connectivity index (χ2v) is 4.39. The zero-order valence-electron chi connectivity index (χ0n) is 12.4. The maximum Gasteiger partial charge on any atom is 0.171 e. The molecular formula is C14H20N4O3. The molecule has 1 atom stereocenters. The molecule has 7 heteroatoms. The van der Waals surface area contributed by atoms with E-state index in [-0.39, 0.29) is 0 Å². The van der Waals surface area contributed by atoms with E-state index >= 15 is 0 Å². The third-order valence-corrected chi connectivity index (χ3v) is 2.95. The monoisotopic (exact) mass is 292 g/mol. The summed E-state index contributed by atoms with van der Waals surface area (Å²) in [5, 5.41) is 6.91. The van der Waals surface area contributed by atoms with Crippen LogP contribution in [0.3, 0.4) is 0 Å². The maximum atomic E-state index is 6.19. The Balaban J connectivity index is 2.23. The number of ether oxygens (including phenoxy) is 3. The van der Waals surface area contributed by atoms with Crippen molar-refractivity contribution in [2.45, 2.75) is 19.6 Å². The van der Waals surface area contributed by atoms with Crippen LogP contribution in [0.25, 0.3) is 0 Å². The van der Waals surface area contributed by atoms with Crippen LogP contribution >= 0.6 is 0 Å². The topological polar surface area (TPSA) is 95.3 Å². The van der Waals surface area contributed by atoms with Crippen molar-refractivity contribution in [2.75, 3.05) is 20.8 Å². The Labute approximate surface area is 123 Å². The first kappa shape index (κ1) is 15.3. The fraction of sp³-hybridized carbons (Fsp3) is 0.429. The molecule has 1 heterocycles. The largest absolute Gasteiger partial charge is 0.493 e. The molecule has 7 nitrogen and oxygen atoms in total. The highest BCUT2D eigenvalue weighted by atomic mass is 16.5. The number of rotatable bonds is 7. The highest BCUT2D eigenvalue weighted by molar-refractivity contribution is 5.44. The number of aromatic nitrogens is 3. The van der Waals surface area contributed by atoms with Gasteiger partial charge in [0.25, 0.3) is 0 Å². The van der Waals surface area contributed by atoms with Gasteiger partial charge in [-0.1, -0.05) is 6.07 Å². The number of hydrogen-bond donors (Lipinski definition) is 2. The molecule has 0 saturated carbocycles. The molecule has 0 radical (unpaired) electrons. The average molecular weight is 292 g/mol. The second-order valence-electron chi connectivity index (χ2n) is 4.39. The minimum atomic E-state index is -0.448. The van der Waals surface area contributed by atoms with Crippen molar-refractivity contribution >= 4 is 0 Å². The standard InChI is InChI=1S/C14H20N4O3/c1-4-21-10-6-5-9(7-11(10)20-3)13(15)14-16-12(8-19-2)17-18-14/h5-7,13H,4,8,15H2,1-3H3,(H,16,17,18)/t13-/m0/s1. The van der Waals surface area contributed by atoms with Gasteiger partial charge in [0.15, 0.2) is 23.1 Å². The first-order chi connectivity index (χ1) is 10.2. The van der Waals surface area contributed by atoms with Crippen molar-refractivity contribution in [1.82, 2.24) is 15.2 Å². The number of methoxy groups -OCH3 is 2. The van der Waals surface area contributed by atoms with Gasteiger partial charge < -0.3 is 19.9 Å². The van der Waals surface area contributed by atoms with Gasteiger partial charge in [0.2, 0.25) is 0 Å². The van der Waals surface area contributed by atoms with Crippen LogP contribution in [-0.4, -0.2) is 36.0 Å². The number of aromatic amines is 1. The summed E-state index contributed by atoms with van der Waals surface area (Å²) in [6.07, 6.45) is 0. The molecule has 0 aliphatic carbocycles. The van der Waals surface area contributed by atoms with E-state index in [2.05, 4.69) is 15.2 Å². The molecule has 1 aromatic carbocycles. The van der Waals surface area contributed by atoms with Crippen LogP contribution in [0, 0.1) is 0 Å². The predicted octanol–water partition coefficient (Wildman–Crippen LogP) is 1.41. The highest BCUT2D eigenvalue weighted by Gasteiger charge is 2.17. The molecule has 0 aliphatic heterocycles. The average Bonchev–Trinajstić information content (AvgIpc) is 2.96. The summed E-state index contributed by atoms with van der Waals surface area (Å²) in [6, 6.07) is 5.10. The Hall–Kier alpha value is -2.12. The number of benzene rings is 1. The molecule has 114 valence electrons. The fourth-order valence-electron chi connectivity index (χ4n) is 1.95. The van der Waals surface area contributed by atoms with E-state index < -0.39 is 6.04 Å². The third kappa shape index (κ3) is 3.50. The molecular weight excluding hydrogens is 272 g/mol. The Morgan fingerprint density at radius 3 is 2.76 bits per heavy atom. The molecule has 21 heavy (non-hydrogen) atoms. The van der Waals surface area contributed by atoms with Crippen LogP contribution in [0.1, 0.15) is 30.2 Å². The quantitative estimate of drug-likeness (QED) is 0.801. The van der Waals surface area contributed by atoms with Gasteiger partial charge >= 0.3 is 0 Å². The Kier molecular flexibility index (Phi) is 5.13. The molecule has 0 fully saturated rings. The lowest BCUT2D eigenvalue weighted by Gasteiger charge is -2.13. The lowest BCUT2D eigenvalue weighted by molar-refractivity contribution is 0.178. The van der Waals surface area contributed by atoms with E-state index in [1.165, 1.54) is 0 Å². The van der Waals surface area contributed by atoms with E-state index in [0.29, 0.717) is 36.4 Å². The fourth-order valence-corrected chi connectivity index (χ4v) is 1.95. The highest BCUT2D eigenvalue weighted by Crippen LogP contribution is 2.30. The number of hydrogen-bond acceptors (Lipinski definition) is 6. The number of H-pyrrole nitrogens is 1. The van der Waals surface area contributed by atoms with E-state index in [4.69, 9.17) is 19.9 Å². The van der Waals surface area contributed by atoms with Crippen molar-refractivity contribution in [3.8, 4) is 11.5 Å². The van der Waals surface area contributed by atoms with Crippen molar-refractivity contribution in [3.63, 3.8) is 0 Å². The molecule has 2 aromatic rings. The summed E-state index contributed by atoms with van der Waals surface area (Å²) in [4.78, 5) is 4.30. The summed E-state index contributed by atoms with van der Waals surface area (Å²) in [7, 11) is 3.19. The van der Waals surface area contributed by atoms with Gasteiger partial charge in [-0.25, -0.2) is 4.98 Å². The molecule has 0 unspecified atom stereocenters. The summed E-state index contributed by atoms with van der Waals surface area (Å²) in [5.41, 5.74) is 7.04. The van der Waals surface area contributed by atoms with Gasteiger partial charge in [-0.2, -0.15) is 5.10 Å². The van der Waals surface area contributed by atoms with E-state index in [1.54, 1.807) is 14.2 Å². The second kappa shape index (κ2) is 7.05. The molecule has 1 aromatic heterocycles. The van der Waals surface area contributed by atoms with Crippen LogP contribution < -0.4 is 15.2 Å². The predicted molar refractivity (Wildman–Crippen MR) is 77.3 cm³/mol. The van der Waals surface area contributed by atoms with Crippen LogP contribution in [0.15, 0.2) is 18.2 Å². The Bertz CT molecular complexity index is 585. The summed E-state index contributed by atoms with van der Waals surface area (Å²) >= 11 is 0. The Morgan fingerprint density at radius 1 is 1.29 bits per heavy atom. The van der Waals surface area contributed by atoms with Gasteiger partial charge in [-0.15, -0.1) is 0 Å². The minimum absolute atomic E-state index is 0.367. The van der Waals surface area contributed by atoms with E-state index in [0.717, 1.165) is 5.56 Å².